The van der Waals surface area contributed by atoms with E-state index in [4.69, 9.17) is 4.61 Å². The molecule has 0 fully saturated rings. The summed E-state index contributed by atoms with van der Waals surface area (Å²) in [7, 11) is -0.353. The zero-order valence-electron chi connectivity index (χ0n) is 3.03. The van der Waals surface area contributed by atoms with E-state index >= 15 is 0 Å². The molecule has 0 aromatic rings. The topological polar surface area (TPSA) is 23.8 Å². The summed E-state index contributed by atoms with van der Waals surface area (Å²) >= 11 is 4.27. The van der Waals surface area contributed by atoms with Crippen molar-refractivity contribution < 1.29 is 0 Å². The normalized spacial score (nSPS) is 9.67. The second-order valence-corrected chi connectivity index (χ2v) is 5.85. The van der Waals surface area contributed by atoms with Crippen LogP contribution in [0.3, 0.4) is 0 Å². The van der Waals surface area contributed by atoms with Crippen molar-refractivity contribution in [3.05, 3.63) is 0 Å². The monoisotopic (exact) mass is 328 g/mol. The number of halogens is 2. The average molecular weight is 328 g/mol. The van der Waals surface area contributed by atoms with Crippen LogP contribution in [0.15, 0.2) is 0 Å². The van der Waals surface area contributed by atoms with E-state index in [9.17, 15) is 0 Å². The Labute approximate surface area is 65.6 Å². The van der Waals surface area contributed by atoms with Crippen molar-refractivity contribution in [3.63, 3.8) is 0 Å². The second-order valence-electron chi connectivity index (χ2n) is 0.700. The SMILES string of the molecule is N#[S-](I)CCI. The molecule has 0 atom stereocenters. The fourth-order valence-corrected chi connectivity index (χ4v) is 4.63. The maximum atomic E-state index is 8.56. The first-order valence-corrected chi connectivity index (χ1v) is 6.81. The Kier molecular flexibility index (Phi) is 5.86. The van der Waals surface area contributed by atoms with Gasteiger partial charge in [-0.2, -0.15) is 0 Å². The van der Waals surface area contributed by atoms with Gasteiger partial charge in [-0.25, -0.2) is 21.2 Å². The Bertz CT molecular complexity index is 83.3. The second kappa shape index (κ2) is 4.67. The number of nitrogens with zero attached hydrogens (tertiary/aromatic N) is 1. The van der Waals surface area contributed by atoms with Crippen LogP contribution in [0.5, 0.6) is 0 Å². The summed E-state index contributed by atoms with van der Waals surface area (Å²) in [5.41, 5.74) is 0. The summed E-state index contributed by atoms with van der Waals surface area (Å²) in [6.07, 6.45) is 0. The van der Waals surface area contributed by atoms with E-state index in [1.807, 2.05) is 21.2 Å². The van der Waals surface area contributed by atoms with Gasteiger partial charge in [-0.05, 0) is 4.43 Å². The van der Waals surface area contributed by atoms with E-state index < -0.39 is 0 Å². The van der Waals surface area contributed by atoms with Gasteiger partial charge in [-0.3, -0.25) is 7.70 Å². The molecule has 0 rings (SSSR count). The van der Waals surface area contributed by atoms with Crippen molar-refractivity contribution in [3.8, 4) is 0 Å². The Morgan fingerprint density at radius 3 is 2.17 bits per heavy atom. The molecule has 4 heteroatoms. The fraction of sp³-hybridized carbons (Fsp3) is 1.00. The lowest BCUT2D eigenvalue weighted by atomic mass is 11.0. The Morgan fingerprint density at radius 2 is 2.17 bits per heavy atom. The highest BCUT2D eigenvalue weighted by Crippen LogP contribution is 1.93. The first-order valence-electron chi connectivity index (χ1n) is 1.39. The van der Waals surface area contributed by atoms with Gasteiger partial charge < -0.3 is 4.61 Å². The maximum Gasteiger partial charge on any atom is -0.0169 e. The summed E-state index contributed by atoms with van der Waals surface area (Å²) in [4.78, 5) is 0. The average Bonchev–Trinajstić information content (AvgIpc) is 1.35. The van der Waals surface area contributed by atoms with Crippen LogP contribution in [-0.4, -0.2) is 10.2 Å². The van der Waals surface area contributed by atoms with Crippen molar-refractivity contribution in [1.29, 1.82) is 4.61 Å². The van der Waals surface area contributed by atoms with Crippen molar-refractivity contribution in [1.82, 2.24) is 0 Å². The van der Waals surface area contributed by atoms with Crippen LogP contribution in [0.2, 0.25) is 0 Å². The molecule has 1 nitrogen and oxygen atoms in total. The molecule has 38 valence electrons. The molecular weight excluding hydrogens is 324 g/mol. The number of alkyl halides is 1. The van der Waals surface area contributed by atoms with Crippen LogP contribution < -0.4 is 0 Å². The molecule has 6 heavy (non-hydrogen) atoms. The highest BCUT2D eigenvalue weighted by molar-refractivity contribution is 14.2. The minimum atomic E-state index is -0.353. The molecule has 0 saturated carbocycles. The third-order valence-electron chi connectivity index (χ3n) is 0.246. The minimum Gasteiger partial charge on any atom is -0.421 e. The summed E-state index contributed by atoms with van der Waals surface area (Å²) in [6.45, 7) is 0. The van der Waals surface area contributed by atoms with Gasteiger partial charge in [0.15, 0.2) is 0 Å². The van der Waals surface area contributed by atoms with Crippen LogP contribution in [0.25, 0.3) is 0 Å². The van der Waals surface area contributed by atoms with Gasteiger partial charge in [0.2, 0.25) is 0 Å². The van der Waals surface area contributed by atoms with E-state index in [2.05, 4.69) is 22.6 Å². The van der Waals surface area contributed by atoms with Crippen LogP contribution in [0.1, 0.15) is 0 Å². The largest absolute Gasteiger partial charge is 0.421 e. The fourth-order valence-electron chi connectivity index (χ4n) is 0.0637. The molecule has 0 N–H and O–H groups in total. The summed E-state index contributed by atoms with van der Waals surface area (Å²) < 4.78 is 9.62. The minimum absolute atomic E-state index is 0.353. The van der Waals surface area contributed by atoms with Gasteiger partial charge in [-0.15, -0.1) is 0 Å². The van der Waals surface area contributed by atoms with Crippen molar-refractivity contribution in [2.24, 2.45) is 0 Å². The Balaban J connectivity index is 2.91. The molecule has 0 saturated heterocycles. The van der Waals surface area contributed by atoms with Crippen LogP contribution in [-0.2, 0) is 7.70 Å². The lowest BCUT2D eigenvalue weighted by molar-refractivity contribution is 1.57. The number of hydrogen-bond donors (Lipinski definition) is 0. The van der Waals surface area contributed by atoms with Crippen LogP contribution in [0, 0.1) is 4.61 Å². The highest BCUT2D eigenvalue weighted by atomic mass is 127. The van der Waals surface area contributed by atoms with Gasteiger partial charge in [0.05, 0.1) is 0 Å². The molecule has 0 unspecified atom stereocenters. The maximum absolute atomic E-state index is 8.56. The van der Waals surface area contributed by atoms with Crippen LogP contribution >= 0.6 is 43.8 Å². The smallest absolute Gasteiger partial charge is 0.0169 e. The van der Waals surface area contributed by atoms with Gasteiger partial charge in [0.1, 0.15) is 0 Å². The zero-order chi connectivity index (χ0) is 4.99. The molecule has 0 aliphatic heterocycles. The predicted octanol–water partition coefficient (Wildman–Crippen LogP) is 1.87. The quantitative estimate of drug-likeness (QED) is 0.410. The Morgan fingerprint density at radius 1 is 1.67 bits per heavy atom. The molecule has 0 amide bonds. The van der Waals surface area contributed by atoms with E-state index in [0.29, 0.717) is 0 Å². The Hall–Kier alpha value is 1.52. The standard InChI is InChI=1S/C2H4I2NS/c3-1-2-6(4)5/h1-2H2/q-1. The lowest BCUT2D eigenvalue weighted by Gasteiger charge is -1.94. The van der Waals surface area contributed by atoms with Gasteiger partial charge in [0.25, 0.3) is 0 Å². The molecule has 0 aliphatic carbocycles. The molecule has 0 radical (unpaired) electrons. The molecule has 0 bridgehead atoms. The van der Waals surface area contributed by atoms with Gasteiger partial charge >= 0.3 is 0 Å². The van der Waals surface area contributed by atoms with Crippen molar-refractivity contribution in [2.75, 3.05) is 10.2 Å². The summed E-state index contributed by atoms with van der Waals surface area (Å²) in [5.74, 6) is 0.932. The number of rotatable bonds is 1. The third-order valence-corrected chi connectivity index (χ3v) is 3.38. The molecule has 0 aromatic heterocycles. The van der Waals surface area contributed by atoms with E-state index in [1.54, 1.807) is 0 Å². The van der Waals surface area contributed by atoms with E-state index in [1.165, 1.54) is 0 Å². The van der Waals surface area contributed by atoms with Gasteiger partial charge in [-0.1, -0.05) is 28.3 Å². The molecule has 0 spiro atoms. The lowest BCUT2D eigenvalue weighted by Crippen LogP contribution is -1.81. The molecule has 0 aromatic carbocycles. The highest BCUT2D eigenvalue weighted by Gasteiger charge is 1.65. The van der Waals surface area contributed by atoms with E-state index in [-0.39, 0.29) is 7.70 Å². The van der Waals surface area contributed by atoms with Crippen molar-refractivity contribution >= 4 is 51.5 Å². The van der Waals surface area contributed by atoms with Crippen molar-refractivity contribution in [2.45, 2.75) is 0 Å². The molecular formula is C2H4I2NS-. The van der Waals surface area contributed by atoms with Crippen LogP contribution in [0.4, 0.5) is 0 Å². The third kappa shape index (κ3) is 5.52. The summed E-state index contributed by atoms with van der Waals surface area (Å²) in [6, 6.07) is 0. The van der Waals surface area contributed by atoms with Gasteiger partial charge in [0, 0.05) is 0 Å². The first-order chi connectivity index (χ1) is 2.77. The predicted molar refractivity (Wildman–Crippen MR) is 46.9 cm³/mol. The van der Waals surface area contributed by atoms with E-state index in [0.717, 1.165) is 10.2 Å². The molecule has 0 heterocycles. The zero-order valence-corrected chi connectivity index (χ0v) is 8.16. The first kappa shape index (κ1) is 7.52. The number of hydrogen-bond acceptors (Lipinski definition) is 2. The molecule has 0 aliphatic rings. The summed E-state index contributed by atoms with van der Waals surface area (Å²) in [5, 5.41) is 0.